The van der Waals surface area contributed by atoms with Crippen LogP contribution in [0.5, 0.6) is 0 Å². The molecule has 3 aromatic heterocycles. The van der Waals surface area contributed by atoms with Crippen molar-refractivity contribution in [3.63, 3.8) is 0 Å². The van der Waals surface area contributed by atoms with Crippen molar-refractivity contribution < 1.29 is 9.18 Å². The second kappa shape index (κ2) is 8.63. The van der Waals surface area contributed by atoms with Crippen LogP contribution >= 0.6 is 11.3 Å². The Morgan fingerprint density at radius 2 is 1.84 bits per heavy atom. The van der Waals surface area contributed by atoms with E-state index in [0.717, 1.165) is 27.5 Å². The van der Waals surface area contributed by atoms with Gasteiger partial charge in [0.1, 0.15) is 17.2 Å². The number of anilines is 1. The first-order valence-electron chi connectivity index (χ1n) is 10.3. The van der Waals surface area contributed by atoms with Gasteiger partial charge >= 0.3 is 0 Å². The van der Waals surface area contributed by atoms with Crippen LogP contribution in [0.4, 0.5) is 9.52 Å². The Bertz CT molecular complexity index is 1290. The van der Waals surface area contributed by atoms with E-state index in [4.69, 9.17) is 0 Å². The van der Waals surface area contributed by atoms with Crippen LogP contribution in [0.25, 0.3) is 22.6 Å². The third-order valence-corrected chi connectivity index (χ3v) is 5.88. The number of pyridine rings is 1. The number of carbonyl (C=O) groups is 1. The number of aryl methyl sites for hydroxylation is 3. The molecule has 0 fully saturated rings. The van der Waals surface area contributed by atoms with Crippen molar-refractivity contribution in [1.29, 1.82) is 0 Å². The molecule has 0 atom stereocenters. The van der Waals surface area contributed by atoms with E-state index in [1.54, 1.807) is 29.1 Å². The molecular weight excluding hydrogens is 425 g/mol. The zero-order valence-electron chi connectivity index (χ0n) is 18.6. The molecule has 0 bridgehead atoms. The minimum atomic E-state index is -0.427. The van der Waals surface area contributed by atoms with Crippen molar-refractivity contribution in [3.8, 4) is 22.6 Å². The molecule has 4 aromatic rings. The molecule has 0 aliphatic rings. The lowest BCUT2D eigenvalue weighted by atomic mass is 10.1. The number of nitrogens with zero attached hydrogens (tertiary/aromatic N) is 4. The predicted molar refractivity (Wildman–Crippen MR) is 126 cm³/mol. The number of rotatable bonds is 5. The van der Waals surface area contributed by atoms with Crippen LogP contribution in [0.2, 0.25) is 0 Å². The van der Waals surface area contributed by atoms with E-state index < -0.39 is 5.82 Å². The molecule has 0 spiro atoms. The second-order valence-electron chi connectivity index (χ2n) is 7.99. The Morgan fingerprint density at radius 1 is 1.09 bits per heavy atom. The Balaban J connectivity index is 1.69. The van der Waals surface area contributed by atoms with Gasteiger partial charge in [-0.15, -0.1) is 11.3 Å². The van der Waals surface area contributed by atoms with E-state index in [-0.39, 0.29) is 17.5 Å². The van der Waals surface area contributed by atoms with Gasteiger partial charge in [0.15, 0.2) is 5.13 Å². The third kappa shape index (κ3) is 4.31. The molecule has 3 heterocycles. The lowest BCUT2D eigenvalue weighted by Gasteiger charge is -2.04. The normalized spacial score (nSPS) is 11.2. The highest BCUT2D eigenvalue weighted by Gasteiger charge is 2.22. The highest BCUT2D eigenvalue weighted by atomic mass is 32.1. The van der Waals surface area contributed by atoms with Gasteiger partial charge in [0.05, 0.1) is 11.3 Å². The Morgan fingerprint density at radius 3 is 2.53 bits per heavy atom. The van der Waals surface area contributed by atoms with Crippen LogP contribution in [0.3, 0.4) is 0 Å². The van der Waals surface area contributed by atoms with Gasteiger partial charge in [0.2, 0.25) is 0 Å². The van der Waals surface area contributed by atoms with Crippen LogP contribution in [-0.4, -0.2) is 25.7 Å². The molecule has 0 aliphatic heterocycles. The number of hydrogen-bond acceptors (Lipinski definition) is 5. The van der Waals surface area contributed by atoms with Gasteiger partial charge in [-0.3, -0.25) is 19.8 Å². The van der Waals surface area contributed by atoms with Gasteiger partial charge in [-0.05, 0) is 64.4 Å². The molecule has 4 rings (SSSR count). The number of carbonyl (C=O) groups excluding carboxylic acids is 1. The van der Waals surface area contributed by atoms with Gasteiger partial charge in [-0.25, -0.2) is 9.37 Å². The molecule has 164 valence electrons. The summed E-state index contributed by atoms with van der Waals surface area (Å²) in [5, 5.41) is 7.81. The van der Waals surface area contributed by atoms with Gasteiger partial charge in [0, 0.05) is 28.4 Å². The van der Waals surface area contributed by atoms with E-state index in [0.29, 0.717) is 16.4 Å². The number of hydrogen-bond donors (Lipinski definition) is 1. The fourth-order valence-corrected chi connectivity index (χ4v) is 4.31. The zero-order chi connectivity index (χ0) is 23.0. The zero-order valence-corrected chi connectivity index (χ0v) is 19.4. The van der Waals surface area contributed by atoms with E-state index in [1.807, 2.05) is 46.8 Å². The highest BCUT2D eigenvalue weighted by molar-refractivity contribution is 7.16. The molecule has 0 saturated carbocycles. The first-order valence-corrected chi connectivity index (χ1v) is 11.1. The lowest BCUT2D eigenvalue weighted by Crippen LogP contribution is -2.12. The number of thiazole rings is 1. The fraction of sp³-hybridized carbons (Fsp3) is 0.250. The van der Waals surface area contributed by atoms with Crippen molar-refractivity contribution >= 4 is 22.4 Å². The lowest BCUT2D eigenvalue weighted by molar-refractivity contribution is 0.102. The maximum absolute atomic E-state index is 14.5. The van der Waals surface area contributed by atoms with Gasteiger partial charge in [0.25, 0.3) is 5.91 Å². The van der Waals surface area contributed by atoms with Crippen molar-refractivity contribution in [1.82, 2.24) is 19.7 Å². The Hall–Kier alpha value is -3.39. The summed E-state index contributed by atoms with van der Waals surface area (Å²) in [7, 11) is 0. The number of nitrogens with one attached hydrogen (secondary N) is 1. The summed E-state index contributed by atoms with van der Waals surface area (Å²) in [6.45, 7) is 9.81. The molecule has 1 aromatic carbocycles. The first-order chi connectivity index (χ1) is 15.2. The summed E-state index contributed by atoms with van der Waals surface area (Å²) in [5.74, 6) is -0.812. The average Bonchev–Trinajstić information content (AvgIpc) is 3.31. The Labute approximate surface area is 190 Å². The molecule has 0 saturated heterocycles. The minimum absolute atomic E-state index is 0.0198. The molecule has 1 N–H and O–H groups in total. The monoisotopic (exact) mass is 449 g/mol. The maximum atomic E-state index is 14.5. The standard InChI is InChI=1S/C24H24FN5OS/c1-13(2)30-12-18(22(29-30)17-8-6-7-9-19(17)25)23(31)28-24-27-21(16(5)32-24)20-11-14(3)10-15(4)26-20/h6-13H,1-5H3,(H,27,28,31). The van der Waals surface area contributed by atoms with E-state index >= 15 is 0 Å². The van der Waals surface area contributed by atoms with E-state index in [1.165, 1.54) is 17.4 Å². The quantitative estimate of drug-likeness (QED) is 0.408. The molecule has 0 unspecified atom stereocenters. The van der Waals surface area contributed by atoms with Gasteiger partial charge in [-0.1, -0.05) is 12.1 Å². The number of aromatic nitrogens is 4. The summed E-state index contributed by atoms with van der Waals surface area (Å²) in [5.41, 5.74) is 4.41. The molecule has 32 heavy (non-hydrogen) atoms. The van der Waals surface area contributed by atoms with Crippen molar-refractivity contribution in [2.75, 3.05) is 5.32 Å². The first kappa shape index (κ1) is 21.8. The second-order valence-corrected chi connectivity index (χ2v) is 9.20. The van der Waals surface area contributed by atoms with E-state index in [9.17, 15) is 9.18 Å². The average molecular weight is 450 g/mol. The fourth-order valence-electron chi connectivity index (χ4n) is 3.49. The minimum Gasteiger partial charge on any atom is -0.298 e. The smallest absolute Gasteiger partial charge is 0.261 e. The molecule has 0 aliphatic carbocycles. The maximum Gasteiger partial charge on any atom is 0.261 e. The van der Waals surface area contributed by atoms with Crippen molar-refractivity contribution in [2.24, 2.45) is 0 Å². The molecular formula is C24H24FN5OS. The molecule has 6 nitrogen and oxygen atoms in total. The predicted octanol–water partition coefficient (Wildman–Crippen LogP) is 5.97. The summed E-state index contributed by atoms with van der Waals surface area (Å²) in [4.78, 5) is 23.3. The van der Waals surface area contributed by atoms with Crippen LogP contribution in [-0.2, 0) is 0 Å². The van der Waals surface area contributed by atoms with Crippen LogP contribution in [0.1, 0.15) is 46.4 Å². The van der Waals surface area contributed by atoms with Crippen LogP contribution in [0.15, 0.2) is 42.6 Å². The number of halogens is 1. The topological polar surface area (TPSA) is 72.7 Å². The van der Waals surface area contributed by atoms with Gasteiger partial charge in [-0.2, -0.15) is 5.10 Å². The summed E-state index contributed by atoms with van der Waals surface area (Å²) in [6.07, 6.45) is 1.65. The number of amides is 1. The third-order valence-electron chi connectivity index (χ3n) is 4.99. The molecule has 8 heteroatoms. The largest absolute Gasteiger partial charge is 0.298 e. The molecule has 0 radical (unpaired) electrons. The summed E-state index contributed by atoms with van der Waals surface area (Å²) < 4.78 is 16.1. The van der Waals surface area contributed by atoms with Crippen molar-refractivity contribution in [2.45, 2.75) is 40.7 Å². The van der Waals surface area contributed by atoms with Crippen LogP contribution < -0.4 is 5.32 Å². The number of benzene rings is 1. The van der Waals surface area contributed by atoms with Gasteiger partial charge < -0.3 is 0 Å². The van der Waals surface area contributed by atoms with Crippen molar-refractivity contribution in [3.05, 3.63) is 70.1 Å². The SMILES string of the molecule is Cc1cc(C)nc(-c2nc(NC(=O)c3cn(C(C)C)nc3-c3ccccc3F)sc2C)c1. The summed E-state index contributed by atoms with van der Waals surface area (Å²) >= 11 is 1.38. The van der Waals surface area contributed by atoms with Crippen LogP contribution in [0, 0.1) is 26.6 Å². The van der Waals surface area contributed by atoms with E-state index in [2.05, 4.69) is 20.4 Å². The Kier molecular flexibility index (Phi) is 5.88. The highest BCUT2D eigenvalue weighted by Crippen LogP contribution is 2.31. The molecule has 1 amide bonds. The summed E-state index contributed by atoms with van der Waals surface area (Å²) in [6, 6.07) is 10.3.